The van der Waals surface area contributed by atoms with Gasteiger partial charge in [-0.25, -0.2) is 0 Å². The Hall–Kier alpha value is -2.07. The lowest BCUT2D eigenvalue weighted by molar-refractivity contribution is 0.242. The number of hydrogen-bond donors (Lipinski definition) is 1. The zero-order valence-corrected chi connectivity index (χ0v) is 9.95. The van der Waals surface area contributed by atoms with Crippen molar-refractivity contribution in [2.24, 2.45) is 0 Å². The summed E-state index contributed by atoms with van der Waals surface area (Å²) < 4.78 is 7.32. The van der Waals surface area contributed by atoms with Crippen LogP contribution in [0.3, 0.4) is 0 Å². The molecule has 0 atom stereocenters. The average Bonchev–Trinajstić information content (AvgIpc) is 2.40. The van der Waals surface area contributed by atoms with E-state index in [0.717, 1.165) is 5.56 Å². The maximum Gasteiger partial charge on any atom is 0.197 e. The van der Waals surface area contributed by atoms with Crippen molar-refractivity contribution in [1.29, 1.82) is 0 Å². The number of ether oxygens (including phenoxy) is 1. The molecule has 0 fully saturated rings. The molecule has 0 spiro atoms. The lowest BCUT2D eigenvalue weighted by atomic mass is 10.2. The van der Waals surface area contributed by atoms with Gasteiger partial charge in [0.1, 0.15) is 6.61 Å². The summed E-state index contributed by atoms with van der Waals surface area (Å²) in [5, 5.41) is 8.94. The second kappa shape index (κ2) is 6.02. The first-order chi connectivity index (χ1) is 8.79. The maximum atomic E-state index is 11.3. The normalized spacial score (nSPS) is 10.3. The second-order valence-corrected chi connectivity index (χ2v) is 3.89. The lowest BCUT2D eigenvalue weighted by Gasteiger charge is -2.13. The molecule has 0 aliphatic heterocycles. The third-order valence-corrected chi connectivity index (χ3v) is 2.54. The molecule has 0 aliphatic rings. The van der Waals surface area contributed by atoms with Crippen molar-refractivity contribution in [3.05, 3.63) is 64.4 Å². The van der Waals surface area contributed by atoms with Gasteiger partial charge in [-0.3, -0.25) is 4.79 Å². The van der Waals surface area contributed by atoms with Gasteiger partial charge in [-0.15, -0.1) is 0 Å². The Morgan fingerprint density at radius 1 is 1.17 bits per heavy atom. The highest BCUT2D eigenvalue weighted by Crippen LogP contribution is 2.10. The third kappa shape index (κ3) is 3.21. The van der Waals surface area contributed by atoms with Crippen molar-refractivity contribution in [2.45, 2.75) is 13.2 Å². The maximum absolute atomic E-state index is 11.3. The fourth-order valence-electron chi connectivity index (χ4n) is 1.64. The quantitative estimate of drug-likeness (QED) is 0.866. The molecule has 18 heavy (non-hydrogen) atoms. The van der Waals surface area contributed by atoms with Gasteiger partial charge in [0.05, 0.1) is 6.61 Å². The first kappa shape index (κ1) is 12.4. The van der Waals surface area contributed by atoms with E-state index >= 15 is 0 Å². The van der Waals surface area contributed by atoms with Crippen LogP contribution in [0, 0.1) is 0 Å². The molecule has 0 aliphatic carbocycles. The fraction of sp³-hybridized carbons (Fsp3) is 0.214. The van der Waals surface area contributed by atoms with Crippen molar-refractivity contribution in [2.75, 3.05) is 6.61 Å². The van der Waals surface area contributed by atoms with Crippen LogP contribution in [-0.4, -0.2) is 16.3 Å². The third-order valence-electron chi connectivity index (χ3n) is 2.54. The highest BCUT2D eigenvalue weighted by atomic mass is 16.5. The summed E-state index contributed by atoms with van der Waals surface area (Å²) in [6, 6.07) is 12.6. The van der Waals surface area contributed by atoms with Gasteiger partial charge in [-0.05, 0) is 5.56 Å². The molecule has 0 radical (unpaired) electrons. The molecule has 4 heteroatoms. The lowest BCUT2D eigenvalue weighted by Crippen LogP contribution is -2.12. The highest BCUT2D eigenvalue weighted by Gasteiger charge is 2.02. The molecule has 0 saturated carbocycles. The summed E-state index contributed by atoms with van der Waals surface area (Å²) in [6.45, 7) is 0.810. The monoisotopic (exact) mass is 245 g/mol. The van der Waals surface area contributed by atoms with Crippen molar-refractivity contribution in [3.63, 3.8) is 0 Å². The van der Waals surface area contributed by atoms with E-state index in [1.165, 1.54) is 12.1 Å². The Labute approximate surface area is 105 Å². The van der Waals surface area contributed by atoms with Gasteiger partial charge in [0.15, 0.2) is 11.3 Å². The molecule has 2 rings (SSSR count). The Bertz CT molecular complexity index is 548. The fourth-order valence-corrected chi connectivity index (χ4v) is 1.64. The number of nitrogens with zero attached hydrogens (tertiary/aromatic N) is 1. The molecular weight excluding hydrogens is 230 g/mol. The standard InChI is InChI=1S/C14H15NO3/c16-9-8-15-7-6-13(17)10-14(15)18-11-12-4-2-1-3-5-12/h1-7,10,16H,8-9,11H2. The van der Waals surface area contributed by atoms with Crippen molar-refractivity contribution in [3.8, 4) is 5.88 Å². The number of aliphatic hydroxyl groups excluding tert-OH is 1. The first-order valence-corrected chi connectivity index (χ1v) is 5.77. The average molecular weight is 245 g/mol. The SMILES string of the molecule is O=c1ccn(CCO)c(OCc2ccccc2)c1. The number of hydrogen-bond acceptors (Lipinski definition) is 3. The van der Waals surface area contributed by atoms with Crippen LogP contribution in [0.25, 0.3) is 0 Å². The minimum absolute atomic E-state index is 0.00453. The molecule has 0 amide bonds. The molecular formula is C14H15NO3. The summed E-state index contributed by atoms with van der Waals surface area (Å²) in [7, 11) is 0. The summed E-state index contributed by atoms with van der Waals surface area (Å²) in [5.41, 5.74) is 0.927. The van der Waals surface area contributed by atoms with E-state index in [1.807, 2.05) is 30.3 Å². The zero-order valence-electron chi connectivity index (χ0n) is 9.95. The minimum Gasteiger partial charge on any atom is -0.474 e. The Morgan fingerprint density at radius 3 is 2.67 bits per heavy atom. The van der Waals surface area contributed by atoms with E-state index in [4.69, 9.17) is 9.84 Å². The highest BCUT2D eigenvalue weighted by molar-refractivity contribution is 5.17. The van der Waals surface area contributed by atoms with E-state index in [-0.39, 0.29) is 12.0 Å². The van der Waals surface area contributed by atoms with Crippen LogP contribution in [-0.2, 0) is 13.2 Å². The minimum atomic E-state index is -0.104. The number of rotatable bonds is 5. The van der Waals surface area contributed by atoms with Gasteiger partial charge in [0.2, 0.25) is 0 Å². The molecule has 0 bridgehead atoms. The van der Waals surface area contributed by atoms with Crippen molar-refractivity contribution in [1.82, 2.24) is 4.57 Å². The van der Waals surface area contributed by atoms with E-state index < -0.39 is 0 Å². The molecule has 1 heterocycles. The number of aromatic nitrogens is 1. The second-order valence-electron chi connectivity index (χ2n) is 3.89. The van der Waals surface area contributed by atoms with Gasteiger partial charge in [-0.1, -0.05) is 30.3 Å². The Kier molecular flexibility index (Phi) is 4.15. The van der Waals surface area contributed by atoms with Crippen LogP contribution in [0.4, 0.5) is 0 Å². The Balaban J connectivity index is 2.13. The van der Waals surface area contributed by atoms with E-state index in [1.54, 1.807) is 10.8 Å². The van der Waals surface area contributed by atoms with Crippen LogP contribution >= 0.6 is 0 Å². The van der Waals surface area contributed by atoms with E-state index in [9.17, 15) is 4.79 Å². The molecule has 0 saturated heterocycles. The molecule has 94 valence electrons. The molecule has 1 aromatic heterocycles. The predicted molar refractivity (Wildman–Crippen MR) is 68.6 cm³/mol. The summed E-state index contributed by atoms with van der Waals surface area (Å²) >= 11 is 0. The molecule has 4 nitrogen and oxygen atoms in total. The molecule has 2 aromatic rings. The van der Waals surface area contributed by atoms with Crippen LogP contribution in [0.2, 0.25) is 0 Å². The van der Waals surface area contributed by atoms with Crippen molar-refractivity contribution >= 4 is 0 Å². The van der Waals surface area contributed by atoms with Gasteiger partial charge >= 0.3 is 0 Å². The summed E-state index contributed by atoms with van der Waals surface area (Å²) in [6.07, 6.45) is 1.62. The van der Waals surface area contributed by atoms with Crippen LogP contribution < -0.4 is 10.2 Å². The van der Waals surface area contributed by atoms with Gasteiger partial charge in [-0.2, -0.15) is 0 Å². The van der Waals surface area contributed by atoms with Crippen LogP contribution in [0.1, 0.15) is 5.56 Å². The van der Waals surface area contributed by atoms with Crippen LogP contribution in [0.5, 0.6) is 5.88 Å². The predicted octanol–water partition coefficient (Wildman–Crippen LogP) is 1.42. The summed E-state index contributed by atoms with van der Waals surface area (Å²) in [5.74, 6) is 0.473. The Morgan fingerprint density at radius 2 is 1.94 bits per heavy atom. The smallest absolute Gasteiger partial charge is 0.197 e. The van der Waals surface area contributed by atoms with Gasteiger partial charge in [0.25, 0.3) is 0 Å². The van der Waals surface area contributed by atoms with Gasteiger partial charge < -0.3 is 14.4 Å². The molecule has 1 N–H and O–H groups in total. The summed E-state index contributed by atoms with van der Waals surface area (Å²) in [4.78, 5) is 11.3. The number of benzene rings is 1. The molecule has 1 aromatic carbocycles. The largest absolute Gasteiger partial charge is 0.474 e. The molecule has 0 unspecified atom stereocenters. The topological polar surface area (TPSA) is 51.5 Å². The van der Waals surface area contributed by atoms with Crippen molar-refractivity contribution < 1.29 is 9.84 Å². The van der Waals surface area contributed by atoms with E-state index in [0.29, 0.717) is 19.0 Å². The number of aliphatic hydroxyl groups is 1. The zero-order chi connectivity index (χ0) is 12.8. The van der Waals surface area contributed by atoms with Crippen LogP contribution in [0.15, 0.2) is 53.5 Å². The van der Waals surface area contributed by atoms with E-state index in [2.05, 4.69) is 0 Å². The first-order valence-electron chi connectivity index (χ1n) is 5.77. The van der Waals surface area contributed by atoms with Gasteiger partial charge in [0, 0.05) is 24.9 Å². The number of pyridine rings is 1.